The Labute approximate surface area is 144 Å². The Balaban J connectivity index is 1.54. The number of piperazine rings is 1. The highest BCUT2D eigenvalue weighted by atomic mass is 16.6. The summed E-state index contributed by atoms with van der Waals surface area (Å²) in [5.41, 5.74) is 1.13. The van der Waals surface area contributed by atoms with Crippen LogP contribution in [0.4, 0.5) is 5.69 Å². The van der Waals surface area contributed by atoms with E-state index in [0.717, 1.165) is 32.7 Å². The number of benzene rings is 1. The molecule has 0 unspecified atom stereocenters. The summed E-state index contributed by atoms with van der Waals surface area (Å²) in [4.78, 5) is 24.7. The maximum atomic E-state index is 12.2. The molecule has 9 heteroatoms. The lowest BCUT2D eigenvalue weighted by atomic mass is 10.3. The van der Waals surface area contributed by atoms with E-state index in [-0.39, 0.29) is 11.6 Å². The summed E-state index contributed by atoms with van der Waals surface area (Å²) in [6.45, 7) is 5.36. The lowest BCUT2D eigenvalue weighted by Gasteiger charge is -2.26. The van der Waals surface area contributed by atoms with Gasteiger partial charge in [0.15, 0.2) is 0 Å². The zero-order chi connectivity index (χ0) is 17.6. The zero-order valence-corrected chi connectivity index (χ0v) is 13.7. The molecule has 2 N–H and O–H groups in total. The highest BCUT2D eigenvalue weighted by Crippen LogP contribution is 2.15. The number of amides is 1. The second kappa shape index (κ2) is 7.86. The minimum Gasteiger partial charge on any atom is -0.351 e. The van der Waals surface area contributed by atoms with Crippen LogP contribution < -0.4 is 10.6 Å². The summed E-state index contributed by atoms with van der Waals surface area (Å²) in [5, 5.41) is 21.0. The van der Waals surface area contributed by atoms with Gasteiger partial charge in [0.05, 0.1) is 22.4 Å². The number of rotatable bonds is 6. The van der Waals surface area contributed by atoms with Crippen LogP contribution in [0.25, 0.3) is 5.69 Å². The lowest BCUT2D eigenvalue weighted by molar-refractivity contribution is -0.384. The molecule has 1 amide bonds. The second-order valence-electron chi connectivity index (χ2n) is 5.79. The van der Waals surface area contributed by atoms with Crippen LogP contribution in [0.5, 0.6) is 0 Å². The molecule has 1 aliphatic rings. The lowest BCUT2D eigenvalue weighted by Crippen LogP contribution is -2.46. The van der Waals surface area contributed by atoms with Gasteiger partial charge in [0.1, 0.15) is 0 Å². The Hall–Kier alpha value is -2.78. The van der Waals surface area contributed by atoms with Gasteiger partial charge in [-0.3, -0.25) is 19.8 Å². The molecule has 9 nitrogen and oxygen atoms in total. The SMILES string of the molecule is O=C(NCCN1CCNCC1)c1cnn(-c2ccc([N+](=O)[O-])cc2)c1. The quantitative estimate of drug-likeness (QED) is 0.581. The zero-order valence-electron chi connectivity index (χ0n) is 13.7. The molecule has 2 aromatic rings. The van der Waals surface area contributed by atoms with Crippen LogP contribution in [0.3, 0.4) is 0 Å². The van der Waals surface area contributed by atoms with Crippen LogP contribution in [0, 0.1) is 10.1 Å². The third-order valence-electron chi connectivity index (χ3n) is 4.09. The Bertz CT molecular complexity index is 737. The number of non-ortho nitro benzene ring substituents is 1. The van der Waals surface area contributed by atoms with Crippen molar-refractivity contribution in [1.29, 1.82) is 0 Å². The number of nitro groups is 1. The Morgan fingerprint density at radius 1 is 1.28 bits per heavy atom. The summed E-state index contributed by atoms with van der Waals surface area (Å²) in [6, 6.07) is 6.00. The molecule has 0 spiro atoms. The van der Waals surface area contributed by atoms with Gasteiger partial charge in [-0.2, -0.15) is 5.10 Å². The molecule has 132 valence electrons. The van der Waals surface area contributed by atoms with Crippen LogP contribution in [0.1, 0.15) is 10.4 Å². The average molecular weight is 344 g/mol. The van der Waals surface area contributed by atoms with E-state index in [1.54, 1.807) is 18.3 Å². The first-order valence-electron chi connectivity index (χ1n) is 8.14. The largest absolute Gasteiger partial charge is 0.351 e. The molecule has 2 heterocycles. The Morgan fingerprint density at radius 2 is 2.00 bits per heavy atom. The van der Waals surface area contributed by atoms with Gasteiger partial charge in [0.2, 0.25) is 0 Å². The van der Waals surface area contributed by atoms with Crippen molar-refractivity contribution in [3.05, 3.63) is 52.3 Å². The molecule has 1 aliphatic heterocycles. The highest BCUT2D eigenvalue weighted by Gasteiger charge is 2.12. The van der Waals surface area contributed by atoms with Crippen molar-refractivity contribution in [2.75, 3.05) is 39.3 Å². The van der Waals surface area contributed by atoms with Crippen LogP contribution in [0.15, 0.2) is 36.7 Å². The third-order valence-corrected chi connectivity index (χ3v) is 4.09. The molecule has 0 atom stereocenters. The van der Waals surface area contributed by atoms with Gasteiger partial charge in [-0.05, 0) is 12.1 Å². The smallest absolute Gasteiger partial charge is 0.269 e. The first-order chi connectivity index (χ1) is 12.1. The third kappa shape index (κ3) is 4.40. The first-order valence-corrected chi connectivity index (χ1v) is 8.14. The topological polar surface area (TPSA) is 105 Å². The van der Waals surface area contributed by atoms with E-state index in [9.17, 15) is 14.9 Å². The Morgan fingerprint density at radius 3 is 2.68 bits per heavy atom. The van der Waals surface area contributed by atoms with E-state index in [1.807, 2.05) is 0 Å². The normalized spacial score (nSPS) is 15.0. The number of nitrogens with zero attached hydrogens (tertiary/aromatic N) is 4. The van der Waals surface area contributed by atoms with Gasteiger partial charge in [0.25, 0.3) is 11.6 Å². The standard InChI is InChI=1S/C16H20N6O3/c23-16(18-7-10-20-8-5-17-6-9-20)13-11-19-21(12-13)14-1-3-15(4-2-14)22(24)25/h1-4,11-12,17H,5-10H2,(H,18,23). The van der Waals surface area contributed by atoms with Gasteiger partial charge in [-0.1, -0.05) is 0 Å². The van der Waals surface area contributed by atoms with Gasteiger partial charge >= 0.3 is 0 Å². The number of hydrogen-bond donors (Lipinski definition) is 2. The van der Waals surface area contributed by atoms with Gasteiger partial charge in [-0.25, -0.2) is 4.68 Å². The van der Waals surface area contributed by atoms with E-state index in [1.165, 1.54) is 23.0 Å². The van der Waals surface area contributed by atoms with E-state index in [4.69, 9.17) is 0 Å². The van der Waals surface area contributed by atoms with Crippen LogP contribution in [0.2, 0.25) is 0 Å². The van der Waals surface area contributed by atoms with Crippen molar-refractivity contribution in [2.24, 2.45) is 0 Å². The maximum Gasteiger partial charge on any atom is 0.269 e. The summed E-state index contributed by atoms with van der Waals surface area (Å²) < 4.78 is 1.52. The van der Waals surface area contributed by atoms with Gasteiger partial charge in [-0.15, -0.1) is 0 Å². The van der Waals surface area contributed by atoms with Crippen LogP contribution in [-0.2, 0) is 0 Å². The number of nitrogens with one attached hydrogen (secondary N) is 2. The highest BCUT2D eigenvalue weighted by molar-refractivity contribution is 5.93. The molecular weight excluding hydrogens is 324 g/mol. The first kappa shape index (κ1) is 17.1. The molecule has 1 aromatic carbocycles. The molecule has 3 rings (SSSR count). The molecule has 1 aromatic heterocycles. The average Bonchev–Trinajstić information content (AvgIpc) is 3.13. The summed E-state index contributed by atoms with van der Waals surface area (Å²) in [6.07, 6.45) is 3.10. The molecule has 1 saturated heterocycles. The van der Waals surface area contributed by atoms with Crippen molar-refractivity contribution in [3.8, 4) is 5.69 Å². The number of hydrogen-bond acceptors (Lipinski definition) is 6. The van der Waals surface area contributed by atoms with E-state index >= 15 is 0 Å². The fourth-order valence-corrected chi connectivity index (χ4v) is 2.67. The fraction of sp³-hybridized carbons (Fsp3) is 0.375. The minimum atomic E-state index is -0.454. The van der Waals surface area contributed by atoms with Crippen LogP contribution >= 0.6 is 0 Å². The van der Waals surface area contributed by atoms with Crippen molar-refractivity contribution >= 4 is 11.6 Å². The second-order valence-corrected chi connectivity index (χ2v) is 5.79. The number of carbonyl (C=O) groups excluding carboxylic acids is 1. The van der Waals surface area contributed by atoms with Crippen molar-refractivity contribution < 1.29 is 9.72 Å². The minimum absolute atomic E-state index is 0.0155. The Kier molecular flexibility index (Phi) is 5.36. The van der Waals surface area contributed by atoms with Gasteiger partial charge in [0, 0.05) is 57.6 Å². The molecule has 0 saturated carbocycles. The number of aromatic nitrogens is 2. The summed E-state index contributed by atoms with van der Waals surface area (Å²) >= 11 is 0. The van der Waals surface area contributed by atoms with E-state index < -0.39 is 4.92 Å². The maximum absolute atomic E-state index is 12.2. The van der Waals surface area contributed by atoms with Gasteiger partial charge < -0.3 is 10.6 Å². The van der Waals surface area contributed by atoms with Crippen LogP contribution in [-0.4, -0.2) is 64.8 Å². The van der Waals surface area contributed by atoms with Crippen molar-refractivity contribution in [1.82, 2.24) is 25.3 Å². The summed E-state index contributed by atoms with van der Waals surface area (Å²) in [5.74, 6) is -0.178. The predicted molar refractivity (Wildman–Crippen MR) is 91.9 cm³/mol. The fourth-order valence-electron chi connectivity index (χ4n) is 2.67. The molecular formula is C16H20N6O3. The number of nitro benzene ring substituents is 1. The van der Waals surface area contributed by atoms with E-state index in [0.29, 0.717) is 17.8 Å². The molecule has 0 radical (unpaired) electrons. The summed E-state index contributed by atoms with van der Waals surface area (Å²) in [7, 11) is 0. The predicted octanol–water partition coefficient (Wildman–Crippen LogP) is 0.416. The molecule has 0 aliphatic carbocycles. The molecule has 25 heavy (non-hydrogen) atoms. The van der Waals surface area contributed by atoms with Crippen molar-refractivity contribution in [2.45, 2.75) is 0 Å². The number of carbonyl (C=O) groups is 1. The van der Waals surface area contributed by atoms with Crippen molar-refractivity contribution in [3.63, 3.8) is 0 Å². The van der Waals surface area contributed by atoms with E-state index in [2.05, 4.69) is 20.6 Å². The molecule has 0 bridgehead atoms. The monoisotopic (exact) mass is 344 g/mol. The molecule has 1 fully saturated rings.